The number of hydrogen-bond donors (Lipinski definition) is 1. The second-order valence-electron chi connectivity index (χ2n) is 4.83. The Hall–Kier alpha value is -1.34. The monoisotopic (exact) mass is 314 g/mol. The van der Waals surface area contributed by atoms with Gasteiger partial charge in [-0.05, 0) is 30.8 Å². The number of rotatable bonds is 3. The Balaban J connectivity index is 2.01. The lowest BCUT2D eigenvalue weighted by molar-refractivity contribution is 0.402. The van der Waals surface area contributed by atoms with E-state index in [9.17, 15) is 8.42 Å². The van der Waals surface area contributed by atoms with E-state index in [1.54, 1.807) is 7.11 Å². The molecule has 0 aliphatic carbocycles. The fourth-order valence-electron chi connectivity index (χ4n) is 2.16. The lowest BCUT2D eigenvalue weighted by Crippen LogP contribution is -2.40. The number of anilines is 1. The van der Waals surface area contributed by atoms with E-state index in [1.807, 2.05) is 36.2 Å². The van der Waals surface area contributed by atoms with Crippen LogP contribution in [0.15, 0.2) is 24.3 Å². The van der Waals surface area contributed by atoms with Crippen molar-refractivity contribution in [1.29, 1.82) is 0 Å². The van der Waals surface area contributed by atoms with Crippen molar-refractivity contribution in [2.24, 2.45) is 0 Å². The van der Waals surface area contributed by atoms with Crippen LogP contribution in [0.2, 0.25) is 0 Å². The van der Waals surface area contributed by atoms with Crippen LogP contribution in [0, 0.1) is 0 Å². The van der Waals surface area contributed by atoms with Gasteiger partial charge in [0, 0.05) is 24.8 Å². The highest BCUT2D eigenvalue weighted by atomic mass is 32.2. The summed E-state index contributed by atoms with van der Waals surface area (Å²) in [5, 5.41) is 3.62. The summed E-state index contributed by atoms with van der Waals surface area (Å²) in [5.41, 5.74) is 0.821. The number of nitrogens with zero attached hydrogens (tertiary/aromatic N) is 1. The zero-order valence-electron chi connectivity index (χ0n) is 11.5. The first-order chi connectivity index (χ1) is 9.41. The van der Waals surface area contributed by atoms with E-state index in [-0.39, 0.29) is 17.5 Å². The Morgan fingerprint density at radius 2 is 2.25 bits per heavy atom. The van der Waals surface area contributed by atoms with Gasteiger partial charge in [-0.25, -0.2) is 8.42 Å². The van der Waals surface area contributed by atoms with E-state index < -0.39 is 9.84 Å². The van der Waals surface area contributed by atoms with E-state index in [2.05, 4.69) is 5.32 Å². The lowest BCUT2D eigenvalue weighted by atomic mass is 10.2. The molecular weight excluding hydrogens is 296 g/mol. The Kier molecular flexibility index (Phi) is 4.49. The largest absolute Gasteiger partial charge is 0.497 e. The van der Waals surface area contributed by atoms with Gasteiger partial charge in [0.25, 0.3) is 0 Å². The van der Waals surface area contributed by atoms with Crippen molar-refractivity contribution < 1.29 is 13.2 Å². The van der Waals surface area contributed by atoms with Crippen molar-refractivity contribution in [3.05, 3.63) is 24.3 Å². The maximum Gasteiger partial charge on any atom is 0.173 e. The highest BCUT2D eigenvalue weighted by Gasteiger charge is 2.31. The van der Waals surface area contributed by atoms with Gasteiger partial charge in [0.15, 0.2) is 14.9 Å². The van der Waals surface area contributed by atoms with E-state index in [0.717, 1.165) is 11.4 Å². The van der Waals surface area contributed by atoms with Crippen LogP contribution in [-0.4, -0.2) is 50.1 Å². The number of sulfone groups is 1. The molecule has 20 heavy (non-hydrogen) atoms. The molecule has 1 aromatic carbocycles. The predicted octanol–water partition coefficient (Wildman–Crippen LogP) is 1.51. The van der Waals surface area contributed by atoms with Crippen molar-refractivity contribution in [3.8, 4) is 5.75 Å². The normalized spacial score (nSPS) is 20.4. The van der Waals surface area contributed by atoms with Gasteiger partial charge in [-0.15, -0.1) is 0 Å². The van der Waals surface area contributed by atoms with E-state index in [4.69, 9.17) is 17.0 Å². The van der Waals surface area contributed by atoms with Crippen LogP contribution in [0.1, 0.15) is 6.42 Å². The van der Waals surface area contributed by atoms with E-state index in [1.165, 1.54) is 0 Å². The Bertz CT molecular complexity index is 601. The fraction of sp³-hybridized carbons (Fsp3) is 0.462. The molecule has 5 nitrogen and oxygen atoms in total. The quantitative estimate of drug-likeness (QED) is 0.854. The first-order valence-corrected chi connectivity index (χ1v) is 8.52. The van der Waals surface area contributed by atoms with Gasteiger partial charge >= 0.3 is 0 Å². The maximum atomic E-state index is 11.5. The first-order valence-electron chi connectivity index (χ1n) is 6.29. The third-order valence-corrected chi connectivity index (χ3v) is 5.54. The first kappa shape index (κ1) is 15.1. The highest BCUT2D eigenvalue weighted by molar-refractivity contribution is 7.91. The average Bonchev–Trinajstić information content (AvgIpc) is 2.78. The minimum atomic E-state index is -2.91. The summed E-state index contributed by atoms with van der Waals surface area (Å²) in [5.74, 6) is 1.15. The minimum Gasteiger partial charge on any atom is -0.497 e. The van der Waals surface area contributed by atoms with Gasteiger partial charge in [-0.3, -0.25) is 0 Å². The molecule has 1 fully saturated rings. The van der Waals surface area contributed by atoms with Gasteiger partial charge in [-0.2, -0.15) is 0 Å². The van der Waals surface area contributed by atoms with E-state index >= 15 is 0 Å². The zero-order valence-corrected chi connectivity index (χ0v) is 13.1. The minimum absolute atomic E-state index is 0.0504. The summed E-state index contributed by atoms with van der Waals surface area (Å²) in [4.78, 5) is 1.82. The molecule has 0 aromatic heterocycles. The van der Waals surface area contributed by atoms with Crippen LogP contribution in [0.25, 0.3) is 0 Å². The highest BCUT2D eigenvalue weighted by Crippen LogP contribution is 2.20. The molecule has 0 saturated carbocycles. The van der Waals surface area contributed by atoms with Crippen molar-refractivity contribution in [2.45, 2.75) is 12.5 Å². The number of methoxy groups -OCH3 is 1. The number of benzene rings is 1. The summed E-state index contributed by atoms with van der Waals surface area (Å²) < 4.78 is 28.2. The van der Waals surface area contributed by atoms with Gasteiger partial charge in [-0.1, -0.05) is 6.07 Å². The molecule has 0 amide bonds. The van der Waals surface area contributed by atoms with Gasteiger partial charge in [0.05, 0.1) is 18.6 Å². The van der Waals surface area contributed by atoms with Crippen molar-refractivity contribution in [1.82, 2.24) is 4.90 Å². The summed E-state index contributed by atoms with van der Waals surface area (Å²) in [7, 11) is 0.518. The number of ether oxygens (including phenoxy) is 1. The molecule has 1 aliphatic rings. The topological polar surface area (TPSA) is 58.6 Å². The number of hydrogen-bond acceptors (Lipinski definition) is 4. The van der Waals surface area contributed by atoms with E-state index in [0.29, 0.717) is 11.5 Å². The number of nitrogens with one attached hydrogen (secondary N) is 1. The predicted molar refractivity (Wildman–Crippen MR) is 84.0 cm³/mol. The van der Waals surface area contributed by atoms with Gasteiger partial charge in [0.2, 0.25) is 0 Å². The molecule has 1 atom stereocenters. The second-order valence-corrected chi connectivity index (χ2v) is 7.45. The van der Waals surface area contributed by atoms with Crippen molar-refractivity contribution in [3.63, 3.8) is 0 Å². The molecule has 1 N–H and O–H groups in total. The molecule has 0 unspecified atom stereocenters. The zero-order chi connectivity index (χ0) is 14.8. The lowest BCUT2D eigenvalue weighted by Gasteiger charge is -2.26. The van der Waals surface area contributed by atoms with Crippen molar-refractivity contribution in [2.75, 3.05) is 31.0 Å². The molecule has 1 aromatic rings. The molecule has 0 spiro atoms. The molecule has 1 aliphatic heterocycles. The maximum absolute atomic E-state index is 11.5. The summed E-state index contributed by atoms with van der Waals surface area (Å²) in [6, 6.07) is 7.39. The number of thiocarbonyl (C=S) groups is 1. The van der Waals surface area contributed by atoms with Crippen LogP contribution in [0.4, 0.5) is 5.69 Å². The Morgan fingerprint density at radius 3 is 2.85 bits per heavy atom. The summed E-state index contributed by atoms with van der Waals surface area (Å²) in [6.07, 6.45) is 0.624. The molecule has 0 radical (unpaired) electrons. The molecular formula is C13H18N2O3S2. The summed E-state index contributed by atoms with van der Waals surface area (Å²) >= 11 is 5.33. The molecule has 110 valence electrons. The second kappa shape index (κ2) is 5.97. The van der Waals surface area contributed by atoms with Crippen molar-refractivity contribution >= 4 is 32.9 Å². The molecule has 1 heterocycles. The molecule has 2 rings (SSSR count). The summed E-state index contributed by atoms with van der Waals surface area (Å²) in [6.45, 7) is 0. The molecule has 0 bridgehead atoms. The standard InChI is InChI=1S/C13H18N2O3S2/c1-15(11-6-7-20(16,17)9-11)13(19)14-10-4-3-5-12(8-10)18-2/h3-5,8,11H,6-7,9H2,1-2H3,(H,14,19)/t11-/m0/s1. The Morgan fingerprint density at radius 1 is 1.50 bits per heavy atom. The molecule has 7 heteroatoms. The van der Waals surface area contributed by atoms with Crippen LogP contribution < -0.4 is 10.1 Å². The Labute approximate surface area is 124 Å². The third kappa shape index (κ3) is 3.61. The van der Waals surface area contributed by atoms with Crippen LogP contribution in [-0.2, 0) is 9.84 Å². The van der Waals surface area contributed by atoms with Crippen LogP contribution in [0.5, 0.6) is 5.75 Å². The molecule has 1 saturated heterocycles. The fourth-order valence-corrected chi connectivity index (χ4v) is 4.20. The van der Waals surface area contributed by atoms with Gasteiger partial charge in [0.1, 0.15) is 5.75 Å². The SMILES string of the molecule is COc1cccc(NC(=S)N(C)[C@H]2CCS(=O)(=O)C2)c1. The smallest absolute Gasteiger partial charge is 0.173 e. The average molecular weight is 314 g/mol. The van der Waals surface area contributed by atoms with Gasteiger partial charge < -0.3 is 15.0 Å². The third-order valence-electron chi connectivity index (χ3n) is 3.40. The van der Waals surface area contributed by atoms with Crippen LogP contribution in [0.3, 0.4) is 0 Å². The van der Waals surface area contributed by atoms with Crippen LogP contribution >= 0.6 is 12.2 Å².